The molecule has 0 amide bonds. The zero-order chi connectivity index (χ0) is 5.82. The Balaban J connectivity index is 0.000000640. The van der Waals surface area contributed by atoms with Gasteiger partial charge in [-0.2, -0.15) is 0 Å². The second kappa shape index (κ2) is 5.17. The number of halogens is 1. The Morgan fingerprint density at radius 3 is 3.00 bits per heavy atom. The Kier molecular flexibility index (Phi) is 5.38. The van der Waals surface area contributed by atoms with Gasteiger partial charge >= 0.3 is 0 Å². The van der Waals surface area contributed by atoms with Crippen LogP contribution in [0.15, 0.2) is 24.3 Å². The molecule has 0 unspecified atom stereocenters. The van der Waals surface area contributed by atoms with Crippen molar-refractivity contribution in [2.45, 2.75) is 0 Å². The molecule has 1 aliphatic rings. The van der Waals surface area contributed by atoms with Gasteiger partial charge in [0, 0.05) is 12.7 Å². The highest BCUT2D eigenvalue weighted by Crippen LogP contribution is 2.13. The van der Waals surface area contributed by atoms with Gasteiger partial charge in [-0.05, 0) is 5.41 Å². The monoisotopic (exact) mass is 255 g/mol. The molecule has 1 rings (SSSR count). The largest absolute Gasteiger partial charge is 0.364 e. The van der Waals surface area contributed by atoms with E-state index in [9.17, 15) is 0 Å². The highest BCUT2D eigenvalue weighted by atomic mass is 127. The maximum Gasteiger partial charge on any atom is 0.0678 e. The van der Waals surface area contributed by atoms with Crippen molar-refractivity contribution in [2.75, 3.05) is 12.4 Å². The van der Waals surface area contributed by atoms with Gasteiger partial charge in [0.1, 0.15) is 0 Å². The molecule has 0 spiro atoms. The highest BCUT2D eigenvalue weighted by Gasteiger charge is 1.99. The van der Waals surface area contributed by atoms with Crippen LogP contribution in [-0.2, 0) is 0 Å². The van der Waals surface area contributed by atoms with Crippen molar-refractivity contribution in [1.82, 2.24) is 4.90 Å². The van der Waals surface area contributed by atoms with Crippen LogP contribution in [0.1, 0.15) is 0 Å². The number of thioether (sulfide) groups is 1. The Hall–Kier alpha value is 0.360. The van der Waals surface area contributed by atoms with Crippen molar-refractivity contribution >= 4 is 35.7 Å². The number of hydrogen-bond acceptors (Lipinski definition) is 2. The van der Waals surface area contributed by atoms with Crippen LogP contribution in [0.2, 0.25) is 0 Å². The molecule has 0 radical (unpaired) electrons. The van der Waals surface area contributed by atoms with Crippen molar-refractivity contribution in [3.63, 3.8) is 0 Å². The fourth-order valence-corrected chi connectivity index (χ4v) is 1.32. The SMILES string of the molecule is C=CCN1C=CSC1.I. The second-order valence-electron chi connectivity index (χ2n) is 1.64. The molecule has 0 aromatic rings. The minimum atomic E-state index is 0. The van der Waals surface area contributed by atoms with Crippen LogP contribution in [0.25, 0.3) is 0 Å². The Bertz CT molecular complexity index is 114. The number of nitrogens with zero attached hydrogens (tertiary/aromatic N) is 1. The Labute approximate surface area is 77.2 Å². The maximum absolute atomic E-state index is 3.64. The summed E-state index contributed by atoms with van der Waals surface area (Å²) in [6.07, 6.45) is 4.00. The summed E-state index contributed by atoms with van der Waals surface area (Å²) in [5, 5.41) is 2.10. The van der Waals surface area contributed by atoms with Crippen molar-refractivity contribution in [2.24, 2.45) is 0 Å². The van der Waals surface area contributed by atoms with Crippen LogP contribution >= 0.6 is 35.7 Å². The molecule has 9 heavy (non-hydrogen) atoms. The van der Waals surface area contributed by atoms with Crippen molar-refractivity contribution in [3.05, 3.63) is 24.3 Å². The van der Waals surface area contributed by atoms with Gasteiger partial charge in [0.05, 0.1) is 5.88 Å². The van der Waals surface area contributed by atoms with Gasteiger partial charge in [0.2, 0.25) is 0 Å². The predicted molar refractivity (Wildman–Crippen MR) is 53.9 cm³/mol. The van der Waals surface area contributed by atoms with Crippen LogP contribution in [-0.4, -0.2) is 17.3 Å². The van der Waals surface area contributed by atoms with Gasteiger partial charge in [-0.25, -0.2) is 0 Å². The van der Waals surface area contributed by atoms with Crippen molar-refractivity contribution in [1.29, 1.82) is 0 Å². The van der Waals surface area contributed by atoms with E-state index >= 15 is 0 Å². The van der Waals surface area contributed by atoms with Crippen LogP contribution in [0.5, 0.6) is 0 Å². The summed E-state index contributed by atoms with van der Waals surface area (Å²) in [6, 6.07) is 0. The molecular weight excluding hydrogens is 245 g/mol. The minimum Gasteiger partial charge on any atom is -0.364 e. The van der Waals surface area contributed by atoms with Gasteiger partial charge in [-0.1, -0.05) is 6.08 Å². The topological polar surface area (TPSA) is 3.24 Å². The molecule has 52 valence electrons. The Morgan fingerprint density at radius 2 is 2.56 bits per heavy atom. The molecule has 0 bridgehead atoms. The van der Waals surface area contributed by atoms with Gasteiger partial charge in [-0.3, -0.25) is 0 Å². The van der Waals surface area contributed by atoms with E-state index < -0.39 is 0 Å². The third kappa shape index (κ3) is 3.15. The van der Waals surface area contributed by atoms with Gasteiger partial charge in [0.15, 0.2) is 0 Å². The molecule has 0 aromatic heterocycles. The average Bonchev–Trinajstić information content (AvgIpc) is 2.19. The molecule has 0 saturated carbocycles. The molecule has 0 aliphatic carbocycles. The third-order valence-electron chi connectivity index (χ3n) is 0.972. The standard InChI is InChI=1S/C6H9NS.HI/c1-2-3-7-4-5-8-6-7;/h2,4-5H,1,3,6H2;1H. The maximum atomic E-state index is 3.64. The molecule has 1 nitrogen and oxygen atoms in total. The first kappa shape index (κ1) is 9.36. The Morgan fingerprint density at radius 1 is 1.78 bits per heavy atom. The first-order chi connectivity index (χ1) is 3.93. The molecular formula is C6H10INS. The fourth-order valence-electron chi connectivity index (χ4n) is 0.590. The third-order valence-corrected chi connectivity index (χ3v) is 1.77. The molecule has 0 aromatic carbocycles. The quantitative estimate of drug-likeness (QED) is 0.550. The van der Waals surface area contributed by atoms with Crippen LogP contribution < -0.4 is 0 Å². The molecule has 3 heteroatoms. The van der Waals surface area contributed by atoms with E-state index in [0.29, 0.717) is 0 Å². The number of hydrogen-bond donors (Lipinski definition) is 0. The smallest absolute Gasteiger partial charge is 0.0678 e. The minimum absolute atomic E-state index is 0. The van der Waals surface area contributed by atoms with Crippen molar-refractivity contribution in [3.8, 4) is 0 Å². The van der Waals surface area contributed by atoms with E-state index in [1.807, 2.05) is 17.8 Å². The van der Waals surface area contributed by atoms with Crippen LogP contribution in [0.3, 0.4) is 0 Å². The average molecular weight is 255 g/mol. The summed E-state index contributed by atoms with van der Waals surface area (Å²) < 4.78 is 0. The molecule has 1 aliphatic heterocycles. The highest BCUT2D eigenvalue weighted by molar-refractivity contribution is 14.0. The van der Waals surface area contributed by atoms with E-state index in [4.69, 9.17) is 0 Å². The van der Waals surface area contributed by atoms with Gasteiger partial charge in [-0.15, -0.1) is 42.3 Å². The molecule has 0 atom stereocenters. The lowest BCUT2D eigenvalue weighted by atomic mass is 10.6. The first-order valence-corrected chi connectivity index (χ1v) is 3.61. The summed E-state index contributed by atoms with van der Waals surface area (Å²) in [5.74, 6) is 1.09. The normalized spacial score (nSPS) is 15.3. The van der Waals surface area contributed by atoms with E-state index in [1.54, 1.807) is 0 Å². The summed E-state index contributed by atoms with van der Waals surface area (Å²) in [6.45, 7) is 4.62. The summed E-state index contributed by atoms with van der Waals surface area (Å²) in [4.78, 5) is 2.21. The predicted octanol–water partition coefficient (Wildman–Crippen LogP) is 2.27. The zero-order valence-corrected chi connectivity index (χ0v) is 8.26. The summed E-state index contributed by atoms with van der Waals surface area (Å²) >= 11 is 1.82. The fraction of sp³-hybridized carbons (Fsp3) is 0.333. The lowest BCUT2D eigenvalue weighted by Gasteiger charge is -2.09. The molecule has 0 fully saturated rings. The lowest BCUT2D eigenvalue weighted by molar-refractivity contribution is 0.499. The summed E-state index contributed by atoms with van der Waals surface area (Å²) in [7, 11) is 0. The van der Waals surface area contributed by atoms with Crippen LogP contribution in [0, 0.1) is 0 Å². The molecule has 1 heterocycles. The van der Waals surface area contributed by atoms with E-state index in [0.717, 1.165) is 12.4 Å². The van der Waals surface area contributed by atoms with Gasteiger partial charge < -0.3 is 4.90 Å². The van der Waals surface area contributed by atoms with Gasteiger partial charge in [0.25, 0.3) is 0 Å². The molecule has 0 saturated heterocycles. The van der Waals surface area contributed by atoms with Crippen LogP contribution in [0.4, 0.5) is 0 Å². The van der Waals surface area contributed by atoms with Crippen molar-refractivity contribution < 1.29 is 0 Å². The van der Waals surface area contributed by atoms with E-state index in [1.165, 1.54) is 0 Å². The molecule has 0 N–H and O–H groups in total. The first-order valence-electron chi connectivity index (χ1n) is 2.56. The zero-order valence-electron chi connectivity index (χ0n) is 5.12. The van der Waals surface area contributed by atoms with E-state index in [2.05, 4.69) is 23.1 Å². The van der Waals surface area contributed by atoms with E-state index in [-0.39, 0.29) is 24.0 Å². The second-order valence-corrected chi connectivity index (χ2v) is 2.50. The lowest BCUT2D eigenvalue weighted by Crippen LogP contribution is -2.11. The summed E-state index contributed by atoms with van der Waals surface area (Å²) in [5.41, 5.74) is 0. The number of rotatable bonds is 2.